The second kappa shape index (κ2) is 6.44. The van der Waals surface area contributed by atoms with E-state index in [4.69, 9.17) is 9.47 Å². The lowest BCUT2D eigenvalue weighted by Gasteiger charge is -2.31. The average Bonchev–Trinajstić information content (AvgIpc) is 2.44. The highest BCUT2D eigenvalue weighted by molar-refractivity contribution is 9.09. The molecule has 118 valence electrons. The van der Waals surface area contributed by atoms with Gasteiger partial charge in [-0.2, -0.15) is 13.2 Å². The number of nitrogens with zero attached hydrogens (tertiary/aromatic N) is 1. The van der Waals surface area contributed by atoms with Gasteiger partial charge in [0.25, 0.3) is 0 Å². The molecule has 0 bridgehead atoms. The van der Waals surface area contributed by atoms with Gasteiger partial charge in [0, 0.05) is 19.6 Å². The lowest BCUT2D eigenvalue weighted by Crippen LogP contribution is -2.40. The highest BCUT2D eigenvalue weighted by atomic mass is 79.9. The van der Waals surface area contributed by atoms with E-state index in [1.807, 2.05) is 12.1 Å². The number of benzene rings is 1. The minimum atomic E-state index is -4.22. The molecule has 1 heterocycles. The van der Waals surface area contributed by atoms with Crippen LogP contribution in [0.1, 0.15) is 11.1 Å². The van der Waals surface area contributed by atoms with Gasteiger partial charge in [-0.15, -0.1) is 0 Å². The molecule has 0 aliphatic carbocycles. The van der Waals surface area contributed by atoms with Crippen LogP contribution in [0.25, 0.3) is 0 Å². The molecule has 1 aliphatic heterocycles. The summed E-state index contributed by atoms with van der Waals surface area (Å²) in [6, 6.07) is 3.75. The fourth-order valence-electron chi connectivity index (χ4n) is 2.43. The summed E-state index contributed by atoms with van der Waals surface area (Å²) in [6.45, 7) is 1.02. The molecule has 0 N–H and O–H groups in total. The largest absolute Gasteiger partial charge is 0.493 e. The van der Waals surface area contributed by atoms with Crippen molar-refractivity contribution < 1.29 is 22.6 Å². The molecule has 0 saturated carbocycles. The van der Waals surface area contributed by atoms with Crippen LogP contribution in [0.4, 0.5) is 13.2 Å². The van der Waals surface area contributed by atoms with E-state index in [0.717, 1.165) is 11.1 Å². The summed E-state index contributed by atoms with van der Waals surface area (Å²) in [5.74, 6) is 1.25. The van der Waals surface area contributed by atoms with Crippen LogP contribution in [0.5, 0.6) is 11.5 Å². The van der Waals surface area contributed by atoms with Crippen LogP contribution in [0.3, 0.4) is 0 Å². The standard InChI is InChI=1S/C14H17BrF3NO2/c1-20-11-5-9-3-4-19(8-13(15)14(16,17)18)7-10(9)6-12(11)21-2/h5-6,13H,3-4,7-8H2,1-2H3. The molecular formula is C14H17BrF3NO2. The van der Waals surface area contributed by atoms with Gasteiger partial charge >= 0.3 is 6.18 Å². The van der Waals surface area contributed by atoms with E-state index in [-0.39, 0.29) is 6.54 Å². The number of halogens is 4. The number of alkyl halides is 4. The van der Waals surface area contributed by atoms with Crippen LogP contribution in [-0.4, -0.2) is 43.2 Å². The van der Waals surface area contributed by atoms with Crippen molar-refractivity contribution in [2.45, 2.75) is 24.0 Å². The second-order valence-electron chi connectivity index (χ2n) is 4.97. The first-order valence-corrected chi connectivity index (χ1v) is 7.43. The first-order chi connectivity index (χ1) is 9.85. The molecule has 1 aromatic carbocycles. The van der Waals surface area contributed by atoms with E-state index < -0.39 is 11.0 Å². The summed E-state index contributed by atoms with van der Waals surface area (Å²) >= 11 is 2.71. The Morgan fingerprint density at radius 1 is 1.19 bits per heavy atom. The van der Waals surface area contributed by atoms with Crippen molar-refractivity contribution in [1.82, 2.24) is 4.90 Å². The molecule has 3 nitrogen and oxygen atoms in total. The highest BCUT2D eigenvalue weighted by Crippen LogP contribution is 2.34. The van der Waals surface area contributed by atoms with Crippen molar-refractivity contribution in [2.75, 3.05) is 27.3 Å². The fraction of sp³-hybridized carbons (Fsp3) is 0.571. The Balaban J connectivity index is 2.13. The van der Waals surface area contributed by atoms with Crippen LogP contribution < -0.4 is 9.47 Å². The molecule has 0 fully saturated rings. The van der Waals surface area contributed by atoms with E-state index in [2.05, 4.69) is 15.9 Å². The minimum Gasteiger partial charge on any atom is -0.493 e. The van der Waals surface area contributed by atoms with E-state index in [1.165, 1.54) is 0 Å². The molecule has 0 spiro atoms. The van der Waals surface area contributed by atoms with Gasteiger partial charge in [0.15, 0.2) is 11.5 Å². The topological polar surface area (TPSA) is 21.7 Å². The van der Waals surface area contributed by atoms with Gasteiger partial charge in [0.05, 0.1) is 14.2 Å². The van der Waals surface area contributed by atoms with Gasteiger partial charge < -0.3 is 9.47 Å². The zero-order valence-electron chi connectivity index (χ0n) is 11.8. The van der Waals surface area contributed by atoms with Gasteiger partial charge in [0.1, 0.15) is 4.83 Å². The molecule has 1 unspecified atom stereocenters. The second-order valence-corrected chi connectivity index (χ2v) is 6.08. The Hall–Kier alpha value is -0.950. The average molecular weight is 368 g/mol. The minimum absolute atomic E-state index is 0.0582. The quantitative estimate of drug-likeness (QED) is 0.761. The lowest BCUT2D eigenvalue weighted by atomic mass is 9.98. The molecule has 7 heteroatoms. The van der Waals surface area contributed by atoms with Crippen molar-refractivity contribution in [3.8, 4) is 11.5 Å². The van der Waals surface area contributed by atoms with Gasteiger partial charge in [-0.25, -0.2) is 0 Å². The zero-order chi connectivity index (χ0) is 15.6. The van der Waals surface area contributed by atoms with Crippen molar-refractivity contribution >= 4 is 15.9 Å². The predicted octanol–water partition coefficient (Wildman–Crippen LogP) is 3.39. The molecule has 1 atom stereocenters. The number of fused-ring (bicyclic) bond motifs is 1. The smallest absolute Gasteiger partial charge is 0.402 e. The van der Waals surface area contributed by atoms with Crippen molar-refractivity contribution in [2.24, 2.45) is 0 Å². The zero-order valence-corrected chi connectivity index (χ0v) is 13.4. The third-order valence-electron chi connectivity index (χ3n) is 3.57. The lowest BCUT2D eigenvalue weighted by molar-refractivity contribution is -0.130. The monoisotopic (exact) mass is 367 g/mol. The Labute approximate surface area is 130 Å². The highest BCUT2D eigenvalue weighted by Gasteiger charge is 2.39. The summed E-state index contributed by atoms with van der Waals surface area (Å²) < 4.78 is 48.3. The maximum atomic E-state index is 12.6. The van der Waals surface area contributed by atoms with Crippen LogP contribution in [0.2, 0.25) is 0 Å². The predicted molar refractivity (Wildman–Crippen MR) is 77.3 cm³/mol. The third-order valence-corrected chi connectivity index (χ3v) is 4.38. The van der Waals surface area contributed by atoms with Crippen LogP contribution >= 0.6 is 15.9 Å². The Kier molecular flexibility index (Phi) is 5.03. The fourth-order valence-corrected chi connectivity index (χ4v) is 2.84. The van der Waals surface area contributed by atoms with Crippen molar-refractivity contribution in [1.29, 1.82) is 0 Å². The summed E-state index contributed by atoms with van der Waals surface area (Å²) in [5, 5.41) is 0. The number of methoxy groups -OCH3 is 2. The first-order valence-electron chi connectivity index (χ1n) is 6.52. The third kappa shape index (κ3) is 3.83. The summed E-state index contributed by atoms with van der Waals surface area (Å²) in [7, 11) is 3.11. The van der Waals surface area contributed by atoms with Gasteiger partial charge in [-0.05, 0) is 29.7 Å². The number of ether oxygens (including phenoxy) is 2. The van der Waals surface area contributed by atoms with Crippen molar-refractivity contribution in [3.63, 3.8) is 0 Å². The molecule has 0 amide bonds. The normalized spacial score (nSPS) is 17.2. The molecule has 2 rings (SSSR count). The summed E-state index contributed by atoms with van der Waals surface area (Å²) in [6.07, 6.45) is -3.52. The van der Waals surface area contributed by atoms with E-state index in [1.54, 1.807) is 19.1 Å². The molecule has 1 aliphatic rings. The first kappa shape index (κ1) is 16.4. The number of rotatable bonds is 4. The molecule has 1 aromatic rings. The number of hydrogen-bond acceptors (Lipinski definition) is 3. The van der Waals surface area contributed by atoms with Gasteiger partial charge in [-0.3, -0.25) is 4.90 Å². The summed E-state index contributed by atoms with van der Waals surface area (Å²) in [5.41, 5.74) is 2.09. The van der Waals surface area contributed by atoms with Crippen molar-refractivity contribution in [3.05, 3.63) is 23.3 Å². The Morgan fingerprint density at radius 3 is 2.29 bits per heavy atom. The Morgan fingerprint density at radius 2 is 1.76 bits per heavy atom. The molecule has 0 radical (unpaired) electrons. The van der Waals surface area contributed by atoms with E-state index in [9.17, 15) is 13.2 Å². The van der Waals surface area contributed by atoms with Gasteiger partial charge in [0.2, 0.25) is 0 Å². The maximum Gasteiger partial charge on any atom is 0.402 e. The molecule has 21 heavy (non-hydrogen) atoms. The van der Waals surface area contributed by atoms with Crippen LogP contribution in [0.15, 0.2) is 12.1 Å². The molecular weight excluding hydrogens is 351 g/mol. The SMILES string of the molecule is COc1cc2c(cc1OC)CN(CC(Br)C(F)(F)F)CC2. The van der Waals surface area contributed by atoms with Crippen LogP contribution in [0, 0.1) is 0 Å². The van der Waals surface area contributed by atoms with Crippen LogP contribution in [-0.2, 0) is 13.0 Å². The Bertz CT molecular complexity index is 508. The van der Waals surface area contributed by atoms with Gasteiger partial charge in [-0.1, -0.05) is 15.9 Å². The summed E-state index contributed by atoms with van der Waals surface area (Å²) in [4.78, 5) is 0.285. The molecule has 0 saturated heterocycles. The number of hydrogen-bond donors (Lipinski definition) is 0. The molecule has 0 aromatic heterocycles. The van der Waals surface area contributed by atoms with E-state index in [0.29, 0.717) is 31.0 Å². The van der Waals surface area contributed by atoms with E-state index >= 15 is 0 Å². The maximum absolute atomic E-state index is 12.6.